The summed E-state index contributed by atoms with van der Waals surface area (Å²) in [6, 6.07) is 9.24. The van der Waals surface area contributed by atoms with E-state index in [1.165, 1.54) is 23.9 Å². The van der Waals surface area contributed by atoms with Gasteiger partial charge in [-0.25, -0.2) is 4.79 Å². The fourth-order valence-electron chi connectivity index (χ4n) is 3.03. The number of benzene rings is 1. The Bertz CT molecular complexity index is 697. The summed E-state index contributed by atoms with van der Waals surface area (Å²) in [7, 11) is 0. The number of amides is 1. The number of carbonyl (C=O) groups excluding carboxylic acids is 1. The fraction of sp³-hybridized carbons (Fsp3) is 0.471. The molecule has 1 heterocycles. The Morgan fingerprint density at radius 1 is 1.09 bits per heavy atom. The summed E-state index contributed by atoms with van der Waals surface area (Å²) in [6.07, 6.45) is 8.01. The van der Waals surface area contributed by atoms with Crippen LogP contribution >= 0.6 is 0 Å². The number of aromatic amines is 1. The average molecular weight is 314 g/mol. The van der Waals surface area contributed by atoms with E-state index in [2.05, 4.69) is 15.4 Å². The van der Waals surface area contributed by atoms with Crippen molar-refractivity contribution in [3.05, 3.63) is 46.6 Å². The highest BCUT2D eigenvalue weighted by Crippen LogP contribution is 2.17. The maximum absolute atomic E-state index is 12.4. The molecule has 0 saturated heterocycles. The van der Waals surface area contributed by atoms with Crippen LogP contribution in [0.15, 0.2) is 35.1 Å². The first-order chi connectivity index (χ1) is 11.2. The van der Waals surface area contributed by atoms with Crippen molar-refractivity contribution in [2.45, 2.75) is 51.0 Å². The predicted molar refractivity (Wildman–Crippen MR) is 87.8 cm³/mol. The highest BCUT2D eigenvalue weighted by Gasteiger charge is 2.19. The van der Waals surface area contributed by atoms with Crippen LogP contribution < -0.4 is 11.0 Å². The largest absolute Gasteiger partial charge is 0.348 e. The average Bonchev–Trinajstić information content (AvgIpc) is 2.93. The van der Waals surface area contributed by atoms with Gasteiger partial charge in [0.1, 0.15) is 0 Å². The van der Waals surface area contributed by atoms with Crippen molar-refractivity contribution in [3.8, 4) is 5.69 Å². The summed E-state index contributed by atoms with van der Waals surface area (Å²) in [6.45, 7) is 0. The molecule has 1 aromatic heterocycles. The third-order valence-electron chi connectivity index (χ3n) is 4.27. The van der Waals surface area contributed by atoms with Crippen LogP contribution in [0.1, 0.15) is 55.6 Å². The molecule has 1 aliphatic rings. The van der Waals surface area contributed by atoms with Gasteiger partial charge in [0.25, 0.3) is 5.91 Å². The maximum Gasteiger partial charge on any atom is 0.348 e. The second-order valence-electron chi connectivity index (χ2n) is 6.04. The zero-order valence-corrected chi connectivity index (χ0v) is 13.1. The highest BCUT2D eigenvalue weighted by atomic mass is 16.2. The van der Waals surface area contributed by atoms with E-state index in [0.29, 0.717) is 5.69 Å². The smallest absolute Gasteiger partial charge is 0.347 e. The molecule has 1 saturated carbocycles. The lowest BCUT2D eigenvalue weighted by Gasteiger charge is -2.20. The summed E-state index contributed by atoms with van der Waals surface area (Å²) in [5.41, 5.74) is 0.234. The second kappa shape index (κ2) is 7.26. The monoisotopic (exact) mass is 314 g/mol. The van der Waals surface area contributed by atoms with Crippen LogP contribution in [0.3, 0.4) is 0 Å². The van der Waals surface area contributed by atoms with Gasteiger partial charge in [0, 0.05) is 6.04 Å². The number of nitrogens with zero attached hydrogens (tertiary/aromatic N) is 2. The van der Waals surface area contributed by atoms with Crippen molar-refractivity contribution in [1.82, 2.24) is 20.1 Å². The van der Waals surface area contributed by atoms with Gasteiger partial charge in [0.2, 0.25) is 5.82 Å². The van der Waals surface area contributed by atoms with Crippen molar-refractivity contribution in [3.63, 3.8) is 0 Å². The number of para-hydroxylation sites is 1. The SMILES string of the molecule is O=C(NC1CCCCCCC1)c1nn(-c2ccccc2)c(=O)[nH]1. The molecule has 23 heavy (non-hydrogen) atoms. The third kappa shape index (κ3) is 3.88. The van der Waals surface area contributed by atoms with E-state index >= 15 is 0 Å². The summed E-state index contributed by atoms with van der Waals surface area (Å²) in [5.74, 6) is -0.233. The Morgan fingerprint density at radius 3 is 2.43 bits per heavy atom. The molecule has 6 nitrogen and oxygen atoms in total. The van der Waals surface area contributed by atoms with E-state index in [1.54, 1.807) is 12.1 Å². The van der Waals surface area contributed by atoms with Gasteiger partial charge in [-0.3, -0.25) is 9.78 Å². The third-order valence-corrected chi connectivity index (χ3v) is 4.27. The Morgan fingerprint density at radius 2 is 1.74 bits per heavy atom. The summed E-state index contributed by atoms with van der Waals surface area (Å²) >= 11 is 0. The number of hydrogen-bond acceptors (Lipinski definition) is 3. The van der Waals surface area contributed by atoms with Crippen LogP contribution in [0.25, 0.3) is 5.69 Å². The Hall–Kier alpha value is -2.37. The first-order valence-electron chi connectivity index (χ1n) is 8.29. The predicted octanol–water partition coefficient (Wildman–Crippen LogP) is 2.40. The lowest BCUT2D eigenvalue weighted by Crippen LogP contribution is -2.36. The molecule has 2 N–H and O–H groups in total. The van der Waals surface area contributed by atoms with Gasteiger partial charge in [0.05, 0.1) is 5.69 Å². The van der Waals surface area contributed by atoms with Gasteiger partial charge < -0.3 is 5.32 Å². The van der Waals surface area contributed by atoms with E-state index in [4.69, 9.17) is 0 Å². The molecule has 1 aliphatic carbocycles. The molecule has 122 valence electrons. The van der Waals surface area contributed by atoms with Crippen LogP contribution in [0.2, 0.25) is 0 Å². The minimum Gasteiger partial charge on any atom is -0.347 e. The van der Waals surface area contributed by atoms with Gasteiger partial charge >= 0.3 is 5.69 Å². The van der Waals surface area contributed by atoms with Crippen molar-refractivity contribution in [2.75, 3.05) is 0 Å². The minimum atomic E-state index is -0.404. The van der Waals surface area contributed by atoms with E-state index in [0.717, 1.165) is 25.7 Å². The van der Waals surface area contributed by atoms with E-state index < -0.39 is 5.69 Å². The second-order valence-corrected chi connectivity index (χ2v) is 6.04. The normalized spacial score (nSPS) is 16.5. The summed E-state index contributed by atoms with van der Waals surface area (Å²) in [4.78, 5) is 26.9. The molecular formula is C17H22N4O2. The number of nitrogens with one attached hydrogen (secondary N) is 2. The first kappa shape index (κ1) is 15.5. The van der Waals surface area contributed by atoms with Gasteiger partial charge in [0.15, 0.2) is 0 Å². The van der Waals surface area contributed by atoms with E-state index in [9.17, 15) is 9.59 Å². The van der Waals surface area contributed by atoms with E-state index in [-0.39, 0.29) is 17.8 Å². The molecule has 0 spiro atoms. The molecule has 0 aliphatic heterocycles. The quantitative estimate of drug-likeness (QED) is 0.913. The maximum atomic E-state index is 12.4. The number of hydrogen-bond donors (Lipinski definition) is 2. The van der Waals surface area contributed by atoms with Gasteiger partial charge in [-0.15, -0.1) is 5.10 Å². The molecule has 6 heteroatoms. The van der Waals surface area contributed by atoms with Gasteiger partial charge in [-0.2, -0.15) is 4.68 Å². The number of H-pyrrole nitrogens is 1. The molecule has 1 amide bonds. The molecule has 3 rings (SSSR count). The zero-order valence-electron chi connectivity index (χ0n) is 13.1. The van der Waals surface area contributed by atoms with Crippen LogP contribution in [0.5, 0.6) is 0 Å². The van der Waals surface area contributed by atoms with Crippen LogP contribution in [-0.2, 0) is 0 Å². The van der Waals surface area contributed by atoms with Crippen molar-refractivity contribution in [1.29, 1.82) is 0 Å². The number of rotatable bonds is 3. The molecule has 2 aromatic rings. The zero-order chi connectivity index (χ0) is 16.1. The lowest BCUT2D eigenvalue weighted by molar-refractivity contribution is 0.0920. The molecule has 1 fully saturated rings. The Balaban J connectivity index is 1.71. The Labute approximate surface area is 134 Å². The van der Waals surface area contributed by atoms with Gasteiger partial charge in [-0.1, -0.05) is 50.3 Å². The highest BCUT2D eigenvalue weighted by molar-refractivity contribution is 5.90. The van der Waals surface area contributed by atoms with Crippen molar-refractivity contribution in [2.24, 2.45) is 0 Å². The summed E-state index contributed by atoms with van der Waals surface area (Å²) < 4.78 is 1.22. The Kier molecular flexibility index (Phi) is 4.90. The van der Waals surface area contributed by atoms with Crippen molar-refractivity contribution >= 4 is 5.91 Å². The van der Waals surface area contributed by atoms with Crippen molar-refractivity contribution < 1.29 is 4.79 Å². The number of carbonyl (C=O) groups is 1. The summed E-state index contributed by atoms with van der Waals surface area (Å²) in [5, 5.41) is 7.13. The van der Waals surface area contributed by atoms with Crippen LogP contribution in [0.4, 0.5) is 0 Å². The topological polar surface area (TPSA) is 79.8 Å². The van der Waals surface area contributed by atoms with Crippen LogP contribution in [0, 0.1) is 0 Å². The standard InChI is InChI=1S/C17H22N4O2/c22-16(18-13-9-5-2-1-3-6-10-13)15-19-17(23)21(20-15)14-11-7-4-8-12-14/h4,7-8,11-13H,1-3,5-6,9-10H2,(H,18,22)(H,19,20,23). The molecule has 0 radical (unpaired) electrons. The number of aromatic nitrogens is 3. The first-order valence-corrected chi connectivity index (χ1v) is 8.29. The minimum absolute atomic E-state index is 0.0703. The molecule has 0 unspecified atom stereocenters. The molecule has 0 atom stereocenters. The fourth-order valence-corrected chi connectivity index (χ4v) is 3.03. The lowest BCUT2D eigenvalue weighted by atomic mass is 9.97. The van der Waals surface area contributed by atoms with E-state index in [1.807, 2.05) is 18.2 Å². The molecule has 0 bridgehead atoms. The van der Waals surface area contributed by atoms with Crippen LogP contribution in [-0.4, -0.2) is 26.7 Å². The molecule has 1 aromatic carbocycles. The molecular weight excluding hydrogens is 292 g/mol. The van der Waals surface area contributed by atoms with Gasteiger partial charge in [-0.05, 0) is 25.0 Å².